The van der Waals surface area contributed by atoms with Crippen molar-refractivity contribution in [1.82, 2.24) is 0 Å². The SMILES string of the molecule is Cc1ccc(C)c(NC(=O)COC(=O)[C@H]2CC(=O)N(c3ccccc3F)C2)c1. The quantitative estimate of drug-likeness (QED) is 0.804. The summed E-state index contributed by atoms with van der Waals surface area (Å²) >= 11 is 0. The lowest BCUT2D eigenvalue weighted by atomic mass is 10.1. The normalized spacial score (nSPS) is 16.2. The molecule has 1 N–H and O–H groups in total. The number of nitrogens with zero attached hydrogens (tertiary/aromatic N) is 1. The van der Waals surface area contributed by atoms with Gasteiger partial charge in [0.1, 0.15) is 5.82 Å². The molecule has 6 nitrogen and oxygen atoms in total. The fraction of sp³-hybridized carbons (Fsp3) is 0.286. The van der Waals surface area contributed by atoms with E-state index in [0.717, 1.165) is 11.1 Å². The third-order valence-corrected chi connectivity index (χ3v) is 4.61. The number of nitrogens with one attached hydrogen (secondary N) is 1. The lowest BCUT2D eigenvalue weighted by molar-refractivity contribution is -0.151. The van der Waals surface area contributed by atoms with Crippen molar-refractivity contribution in [2.24, 2.45) is 5.92 Å². The molecule has 1 aliphatic heterocycles. The number of benzene rings is 2. The molecule has 0 aromatic heterocycles. The van der Waals surface area contributed by atoms with Gasteiger partial charge in [-0.2, -0.15) is 0 Å². The summed E-state index contributed by atoms with van der Waals surface area (Å²) in [6.45, 7) is 3.35. The Morgan fingerprint density at radius 3 is 2.71 bits per heavy atom. The first-order valence-corrected chi connectivity index (χ1v) is 8.94. The second kappa shape index (κ2) is 8.21. The number of hydrogen-bond acceptors (Lipinski definition) is 4. The zero-order valence-electron chi connectivity index (χ0n) is 15.7. The van der Waals surface area contributed by atoms with Gasteiger partial charge in [0.25, 0.3) is 5.91 Å². The van der Waals surface area contributed by atoms with Crippen LogP contribution < -0.4 is 10.2 Å². The van der Waals surface area contributed by atoms with Crippen LogP contribution in [0.1, 0.15) is 17.5 Å². The van der Waals surface area contributed by atoms with Crippen molar-refractivity contribution in [2.75, 3.05) is 23.4 Å². The molecule has 1 atom stereocenters. The van der Waals surface area contributed by atoms with E-state index in [0.29, 0.717) is 5.69 Å². The number of aryl methyl sites for hydroxylation is 2. The van der Waals surface area contributed by atoms with Gasteiger partial charge in [0.05, 0.1) is 11.6 Å². The van der Waals surface area contributed by atoms with Gasteiger partial charge in [-0.1, -0.05) is 24.3 Å². The molecule has 0 bridgehead atoms. The third-order valence-electron chi connectivity index (χ3n) is 4.61. The van der Waals surface area contributed by atoms with E-state index in [9.17, 15) is 18.8 Å². The third kappa shape index (κ3) is 4.36. The second-order valence-corrected chi connectivity index (χ2v) is 6.83. The highest BCUT2D eigenvalue weighted by molar-refractivity contribution is 6.00. The predicted molar refractivity (Wildman–Crippen MR) is 102 cm³/mol. The van der Waals surface area contributed by atoms with Gasteiger partial charge in [-0.05, 0) is 43.2 Å². The average Bonchev–Trinajstić information content (AvgIpc) is 3.05. The molecule has 0 spiro atoms. The minimum absolute atomic E-state index is 0.0250. The first-order valence-electron chi connectivity index (χ1n) is 8.94. The average molecular weight is 384 g/mol. The predicted octanol–water partition coefficient (Wildman–Crippen LogP) is 2.98. The van der Waals surface area contributed by atoms with E-state index in [1.54, 1.807) is 6.07 Å². The molecule has 1 saturated heterocycles. The molecule has 3 rings (SSSR count). The van der Waals surface area contributed by atoms with E-state index in [1.807, 2.05) is 32.0 Å². The number of rotatable bonds is 5. The Morgan fingerprint density at radius 2 is 1.96 bits per heavy atom. The van der Waals surface area contributed by atoms with Gasteiger partial charge in [0.2, 0.25) is 5.91 Å². The molecule has 1 heterocycles. The largest absolute Gasteiger partial charge is 0.455 e. The van der Waals surface area contributed by atoms with Gasteiger partial charge >= 0.3 is 5.97 Å². The molecule has 1 aliphatic rings. The molecule has 7 heteroatoms. The molecule has 2 aromatic carbocycles. The number of esters is 1. The molecule has 2 aromatic rings. The highest BCUT2D eigenvalue weighted by Gasteiger charge is 2.37. The molecule has 1 fully saturated rings. The summed E-state index contributed by atoms with van der Waals surface area (Å²) in [5.74, 6) is -2.73. The summed E-state index contributed by atoms with van der Waals surface area (Å²) in [6.07, 6.45) is -0.0776. The number of carbonyl (C=O) groups is 3. The molecule has 0 unspecified atom stereocenters. The van der Waals surface area contributed by atoms with Crippen LogP contribution in [0, 0.1) is 25.6 Å². The Kier molecular flexibility index (Phi) is 5.73. The van der Waals surface area contributed by atoms with Gasteiger partial charge in [0, 0.05) is 18.7 Å². The molecule has 2 amide bonds. The molecular weight excluding hydrogens is 363 g/mol. The van der Waals surface area contributed by atoms with Crippen LogP contribution in [-0.2, 0) is 19.1 Å². The first kappa shape index (κ1) is 19.5. The number of carbonyl (C=O) groups excluding carboxylic acids is 3. The Bertz CT molecular complexity index is 928. The molecule has 0 saturated carbocycles. The number of ether oxygens (including phenoxy) is 1. The topological polar surface area (TPSA) is 75.7 Å². The van der Waals surface area contributed by atoms with E-state index in [4.69, 9.17) is 4.74 Å². The van der Waals surface area contributed by atoms with Gasteiger partial charge in [0.15, 0.2) is 6.61 Å². The lowest BCUT2D eigenvalue weighted by Crippen LogP contribution is -2.28. The van der Waals surface area contributed by atoms with Crippen molar-refractivity contribution in [2.45, 2.75) is 20.3 Å². The Balaban J connectivity index is 1.55. The highest BCUT2D eigenvalue weighted by Crippen LogP contribution is 2.27. The van der Waals surface area contributed by atoms with Crippen LogP contribution in [0.15, 0.2) is 42.5 Å². The van der Waals surface area contributed by atoms with Crippen LogP contribution in [-0.4, -0.2) is 30.9 Å². The zero-order valence-corrected chi connectivity index (χ0v) is 15.7. The number of anilines is 2. The van der Waals surface area contributed by atoms with E-state index < -0.39 is 30.2 Å². The Labute approximate surface area is 162 Å². The maximum Gasteiger partial charge on any atom is 0.311 e. The van der Waals surface area contributed by atoms with Crippen molar-refractivity contribution in [3.63, 3.8) is 0 Å². The van der Waals surface area contributed by atoms with Crippen molar-refractivity contribution in [3.05, 3.63) is 59.4 Å². The van der Waals surface area contributed by atoms with Crippen molar-refractivity contribution >= 4 is 29.2 Å². The van der Waals surface area contributed by atoms with Crippen LogP contribution in [0.25, 0.3) is 0 Å². The van der Waals surface area contributed by atoms with Gasteiger partial charge < -0.3 is 15.0 Å². The van der Waals surface area contributed by atoms with Crippen LogP contribution in [0.3, 0.4) is 0 Å². The van der Waals surface area contributed by atoms with E-state index >= 15 is 0 Å². The standard InChI is InChI=1S/C21H21FN2O4/c1-13-7-8-14(2)17(9-13)23-19(25)12-28-21(27)15-10-20(26)24(11-15)18-6-4-3-5-16(18)22/h3-9,15H,10-12H2,1-2H3,(H,23,25)/t15-/m0/s1. The van der Waals surface area contributed by atoms with Crippen LogP contribution in [0.4, 0.5) is 15.8 Å². The molecule has 28 heavy (non-hydrogen) atoms. The smallest absolute Gasteiger partial charge is 0.311 e. The van der Waals surface area contributed by atoms with Crippen molar-refractivity contribution in [3.8, 4) is 0 Å². The summed E-state index contributed by atoms with van der Waals surface area (Å²) in [4.78, 5) is 37.7. The van der Waals surface area contributed by atoms with E-state index in [2.05, 4.69) is 5.32 Å². The number of amides is 2. The summed E-state index contributed by atoms with van der Waals surface area (Å²) in [5.41, 5.74) is 2.68. The van der Waals surface area contributed by atoms with Gasteiger partial charge in [-0.3, -0.25) is 14.4 Å². The summed E-state index contributed by atoms with van der Waals surface area (Å²) in [6, 6.07) is 11.5. The second-order valence-electron chi connectivity index (χ2n) is 6.83. The van der Waals surface area contributed by atoms with Crippen molar-refractivity contribution < 1.29 is 23.5 Å². The number of hydrogen-bond donors (Lipinski definition) is 1. The Morgan fingerprint density at radius 1 is 1.21 bits per heavy atom. The highest BCUT2D eigenvalue weighted by atomic mass is 19.1. The fourth-order valence-electron chi connectivity index (χ4n) is 3.08. The van der Waals surface area contributed by atoms with E-state index in [1.165, 1.54) is 23.1 Å². The molecular formula is C21H21FN2O4. The minimum atomic E-state index is -0.736. The molecule has 146 valence electrons. The van der Waals surface area contributed by atoms with E-state index in [-0.39, 0.29) is 24.6 Å². The number of halogens is 1. The molecule has 0 radical (unpaired) electrons. The van der Waals surface area contributed by atoms with Crippen LogP contribution in [0.5, 0.6) is 0 Å². The summed E-state index contributed by atoms with van der Waals surface area (Å²) < 4.78 is 19.0. The fourth-order valence-corrected chi connectivity index (χ4v) is 3.08. The minimum Gasteiger partial charge on any atom is -0.455 e. The summed E-state index contributed by atoms with van der Waals surface area (Å²) in [5, 5.41) is 2.70. The monoisotopic (exact) mass is 384 g/mol. The lowest BCUT2D eigenvalue weighted by Gasteiger charge is -2.17. The van der Waals surface area contributed by atoms with Gasteiger partial charge in [-0.25, -0.2) is 4.39 Å². The zero-order chi connectivity index (χ0) is 20.3. The maximum atomic E-state index is 13.9. The summed E-state index contributed by atoms with van der Waals surface area (Å²) in [7, 11) is 0. The van der Waals surface area contributed by atoms with Crippen molar-refractivity contribution in [1.29, 1.82) is 0 Å². The maximum absolute atomic E-state index is 13.9. The first-order chi connectivity index (χ1) is 13.3. The van der Waals surface area contributed by atoms with Crippen LogP contribution >= 0.6 is 0 Å². The van der Waals surface area contributed by atoms with Crippen LogP contribution in [0.2, 0.25) is 0 Å². The Hall–Kier alpha value is -3.22. The van der Waals surface area contributed by atoms with Gasteiger partial charge in [-0.15, -0.1) is 0 Å². The number of para-hydroxylation sites is 1. The molecule has 0 aliphatic carbocycles.